The van der Waals surface area contributed by atoms with Gasteiger partial charge in [0.25, 0.3) is 0 Å². The molecule has 1 aromatic heterocycles. The number of aliphatic imine (C=N–C) groups is 1. The van der Waals surface area contributed by atoms with Crippen molar-refractivity contribution in [1.82, 2.24) is 4.98 Å². The van der Waals surface area contributed by atoms with E-state index in [2.05, 4.69) is 15.3 Å². The predicted molar refractivity (Wildman–Crippen MR) is 97.3 cm³/mol. The Morgan fingerprint density at radius 3 is 2.50 bits per heavy atom. The maximum absolute atomic E-state index is 12.8. The highest BCUT2D eigenvalue weighted by Crippen LogP contribution is 2.28. The van der Waals surface area contributed by atoms with E-state index in [1.165, 1.54) is 19.3 Å². The molecule has 1 heterocycles. The number of hydrogen-bond donors (Lipinski definition) is 1. The van der Waals surface area contributed by atoms with Crippen molar-refractivity contribution in [3.8, 4) is 0 Å². The van der Waals surface area contributed by atoms with Gasteiger partial charge in [-0.25, -0.2) is 0 Å². The van der Waals surface area contributed by atoms with Crippen LogP contribution in [0.4, 0.5) is 5.69 Å². The second-order valence-corrected chi connectivity index (χ2v) is 6.26. The van der Waals surface area contributed by atoms with Crippen LogP contribution in [0.3, 0.4) is 0 Å². The molecule has 0 spiro atoms. The summed E-state index contributed by atoms with van der Waals surface area (Å²) in [4.78, 5) is 21.4. The van der Waals surface area contributed by atoms with E-state index in [1.807, 2.05) is 36.5 Å². The first-order chi connectivity index (χ1) is 11.8. The fourth-order valence-electron chi connectivity index (χ4n) is 3.21. The summed E-state index contributed by atoms with van der Waals surface area (Å²) >= 11 is 0. The van der Waals surface area contributed by atoms with Gasteiger partial charge in [-0.3, -0.25) is 14.8 Å². The van der Waals surface area contributed by atoms with Crippen molar-refractivity contribution in [2.75, 3.05) is 5.32 Å². The van der Waals surface area contributed by atoms with Gasteiger partial charge >= 0.3 is 0 Å². The lowest BCUT2D eigenvalue weighted by Gasteiger charge is -2.26. The third kappa shape index (κ3) is 4.51. The third-order valence-corrected chi connectivity index (χ3v) is 4.50. The van der Waals surface area contributed by atoms with Crippen molar-refractivity contribution in [3.05, 3.63) is 60.4 Å². The fraction of sp³-hybridized carbons (Fsp3) is 0.350. The number of hydrogen-bond acceptors (Lipinski definition) is 3. The number of nitrogens with zero attached hydrogens (tertiary/aromatic N) is 2. The van der Waals surface area contributed by atoms with Crippen molar-refractivity contribution in [2.24, 2.45) is 10.9 Å². The van der Waals surface area contributed by atoms with E-state index in [9.17, 15) is 4.79 Å². The van der Waals surface area contributed by atoms with Crippen molar-refractivity contribution >= 4 is 17.8 Å². The molecule has 1 amide bonds. The van der Waals surface area contributed by atoms with Gasteiger partial charge < -0.3 is 5.32 Å². The van der Waals surface area contributed by atoms with Gasteiger partial charge in [0.1, 0.15) is 6.04 Å². The summed E-state index contributed by atoms with van der Waals surface area (Å²) in [7, 11) is 0. The van der Waals surface area contributed by atoms with Crippen LogP contribution in [-0.4, -0.2) is 23.1 Å². The maximum atomic E-state index is 12.8. The first kappa shape index (κ1) is 16.4. The highest BCUT2D eigenvalue weighted by Gasteiger charge is 2.28. The van der Waals surface area contributed by atoms with Crippen LogP contribution in [0, 0.1) is 5.92 Å². The number of carbonyl (C=O) groups excluding carboxylic acids is 1. The standard InChI is InChI=1S/C20H23N3O/c24-20(23-18-11-13-21-14-12-18)19(17-9-5-2-6-10-17)22-15-16-7-3-1-4-8-16/h1,3-4,7-8,11-15,17,19H,2,5-6,9-10H2,(H,21,23,24)/b22-15+. The molecular formula is C20H23N3O. The summed E-state index contributed by atoms with van der Waals surface area (Å²) in [6.07, 6.45) is 11.0. The molecule has 1 aromatic carbocycles. The predicted octanol–water partition coefficient (Wildman–Crippen LogP) is 4.09. The van der Waals surface area contributed by atoms with Gasteiger partial charge in [0.2, 0.25) is 5.91 Å². The van der Waals surface area contributed by atoms with Gasteiger partial charge in [0, 0.05) is 24.3 Å². The molecule has 1 fully saturated rings. The Labute approximate surface area is 143 Å². The van der Waals surface area contributed by atoms with Gasteiger partial charge in [-0.05, 0) is 36.5 Å². The lowest BCUT2D eigenvalue weighted by atomic mass is 9.83. The van der Waals surface area contributed by atoms with Gasteiger partial charge in [-0.1, -0.05) is 49.6 Å². The van der Waals surface area contributed by atoms with Crippen LogP contribution in [0.15, 0.2) is 59.9 Å². The molecule has 1 N–H and O–H groups in total. The van der Waals surface area contributed by atoms with E-state index in [4.69, 9.17) is 0 Å². The van der Waals surface area contributed by atoms with Crippen molar-refractivity contribution < 1.29 is 4.79 Å². The van der Waals surface area contributed by atoms with Gasteiger partial charge in [-0.15, -0.1) is 0 Å². The number of carbonyl (C=O) groups is 1. The van der Waals surface area contributed by atoms with Crippen LogP contribution in [0.2, 0.25) is 0 Å². The average Bonchev–Trinajstić information content (AvgIpc) is 2.64. The minimum atomic E-state index is -0.335. The zero-order chi connectivity index (χ0) is 16.6. The van der Waals surface area contributed by atoms with Crippen LogP contribution in [-0.2, 0) is 4.79 Å². The molecule has 2 aromatic rings. The van der Waals surface area contributed by atoms with E-state index < -0.39 is 0 Å². The van der Waals surface area contributed by atoms with Gasteiger partial charge in [0.15, 0.2) is 0 Å². The van der Waals surface area contributed by atoms with Crippen LogP contribution in [0.5, 0.6) is 0 Å². The van der Waals surface area contributed by atoms with Crippen LogP contribution in [0.1, 0.15) is 37.7 Å². The SMILES string of the molecule is O=C(Nc1ccncc1)C(/N=C/c1ccccc1)C1CCCCC1. The molecule has 1 unspecified atom stereocenters. The van der Waals surface area contributed by atoms with Gasteiger partial charge in [0.05, 0.1) is 0 Å². The van der Waals surface area contributed by atoms with E-state index in [0.29, 0.717) is 5.92 Å². The molecule has 4 nitrogen and oxygen atoms in total. The topological polar surface area (TPSA) is 54.4 Å². The molecular weight excluding hydrogens is 298 g/mol. The number of anilines is 1. The summed E-state index contributed by atoms with van der Waals surface area (Å²) in [5, 5.41) is 2.98. The molecule has 1 atom stereocenters. The lowest BCUT2D eigenvalue weighted by molar-refractivity contribution is -0.118. The van der Waals surface area contributed by atoms with E-state index in [1.54, 1.807) is 24.5 Å². The number of rotatable bonds is 5. The number of aromatic nitrogens is 1. The van der Waals surface area contributed by atoms with Crippen molar-refractivity contribution in [3.63, 3.8) is 0 Å². The van der Waals surface area contributed by atoms with Crippen molar-refractivity contribution in [2.45, 2.75) is 38.1 Å². The summed E-state index contributed by atoms with van der Waals surface area (Å²) in [5.41, 5.74) is 1.79. The molecule has 0 radical (unpaired) electrons. The van der Waals surface area contributed by atoms with E-state index in [-0.39, 0.29) is 11.9 Å². The Morgan fingerprint density at radius 2 is 1.79 bits per heavy atom. The highest BCUT2D eigenvalue weighted by molar-refractivity contribution is 5.96. The Kier molecular flexibility index (Phi) is 5.72. The summed E-state index contributed by atoms with van der Waals surface area (Å²) in [6, 6.07) is 13.2. The molecule has 0 saturated heterocycles. The number of amides is 1. The minimum Gasteiger partial charge on any atom is -0.324 e. The fourth-order valence-corrected chi connectivity index (χ4v) is 3.21. The molecule has 1 saturated carbocycles. The quantitative estimate of drug-likeness (QED) is 0.843. The molecule has 1 aliphatic carbocycles. The van der Waals surface area contributed by atoms with E-state index in [0.717, 1.165) is 24.1 Å². The molecule has 0 aliphatic heterocycles. The van der Waals surface area contributed by atoms with Crippen LogP contribution < -0.4 is 5.32 Å². The first-order valence-electron chi connectivity index (χ1n) is 8.62. The number of pyridine rings is 1. The van der Waals surface area contributed by atoms with E-state index >= 15 is 0 Å². The Bertz CT molecular complexity index is 664. The summed E-state index contributed by atoms with van der Waals surface area (Å²) < 4.78 is 0. The molecule has 0 bridgehead atoms. The van der Waals surface area contributed by atoms with Gasteiger partial charge in [-0.2, -0.15) is 0 Å². The highest BCUT2D eigenvalue weighted by atomic mass is 16.2. The molecule has 124 valence electrons. The Balaban J connectivity index is 1.76. The van der Waals surface area contributed by atoms with Crippen LogP contribution >= 0.6 is 0 Å². The summed E-state index contributed by atoms with van der Waals surface area (Å²) in [6.45, 7) is 0. The molecule has 24 heavy (non-hydrogen) atoms. The zero-order valence-electron chi connectivity index (χ0n) is 13.8. The molecule has 4 heteroatoms. The third-order valence-electron chi connectivity index (χ3n) is 4.50. The minimum absolute atomic E-state index is 0.0275. The maximum Gasteiger partial charge on any atom is 0.249 e. The largest absolute Gasteiger partial charge is 0.324 e. The number of benzene rings is 1. The molecule has 1 aliphatic rings. The van der Waals surface area contributed by atoms with Crippen molar-refractivity contribution in [1.29, 1.82) is 0 Å². The normalized spacial score (nSPS) is 16.8. The Morgan fingerprint density at radius 1 is 1.08 bits per heavy atom. The smallest absolute Gasteiger partial charge is 0.249 e. The second-order valence-electron chi connectivity index (χ2n) is 6.26. The number of nitrogens with one attached hydrogen (secondary N) is 1. The monoisotopic (exact) mass is 321 g/mol. The summed E-state index contributed by atoms with van der Waals surface area (Å²) in [5.74, 6) is 0.292. The molecule has 3 rings (SSSR count). The van der Waals surface area contributed by atoms with Crippen LogP contribution in [0.25, 0.3) is 0 Å². The first-order valence-corrected chi connectivity index (χ1v) is 8.62. The second kappa shape index (κ2) is 8.39. The lowest BCUT2D eigenvalue weighted by Crippen LogP contribution is -2.34. The zero-order valence-corrected chi connectivity index (χ0v) is 13.8. The average molecular weight is 321 g/mol. The Hall–Kier alpha value is -2.49.